The summed E-state index contributed by atoms with van der Waals surface area (Å²) >= 11 is 0. The number of nitrogens with zero attached hydrogens (tertiary/aromatic N) is 1. The van der Waals surface area contributed by atoms with Crippen molar-refractivity contribution in [3.8, 4) is 11.5 Å². The standard InChI is InChI=1S/C19H31NO4/c1-6-14(5)16(20(7-2)8-3)13-24-19(22)15-10-11-17(21)18(12-15)23-9-4/h10-12,14,16,21H,6-9,13H2,1-5H3/t14?,16-/m1/s1. The van der Waals surface area contributed by atoms with Gasteiger partial charge >= 0.3 is 5.97 Å². The second-order valence-corrected chi connectivity index (χ2v) is 5.89. The van der Waals surface area contributed by atoms with Gasteiger partial charge in [0.15, 0.2) is 11.5 Å². The van der Waals surface area contributed by atoms with Crippen LogP contribution in [0.5, 0.6) is 11.5 Å². The molecule has 5 heteroatoms. The van der Waals surface area contributed by atoms with Crippen molar-refractivity contribution in [3.05, 3.63) is 23.8 Å². The molecule has 0 heterocycles. The van der Waals surface area contributed by atoms with Gasteiger partial charge in [0.1, 0.15) is 6.61 Å². The molecule has 0 radical (unpaired) electrons. The fourth-order valence-electron chi connectivity index (χ4n) is 2.75. The Labute approximate surface area is 145 Å². The van der Waals surface area contributed by atoms with Gasteiger partial charge in [-0.3, -0.25) is 4.90 Å². The van der Waals surface area contributed by atoms with Gasteiger partial charge in [-0.25, -0.2) is 4.79 Å². The Morgan fingerprint density at radius 2 is 1.88 bits per heavy atom. The third-order valence-corrected chi connectivity index (χ3v) is 4.46. The highest BCUT2D eigenvalue weighted by molar-refractivity contribution is 5.90. The molecule has 0 aromatic heterocycles. The SMILES string of the molecule is CCOc1cc(C(=O)OC[C@H](C(C)CC)N(CC)CC)ccc1O. The predicted molar refractivity (Wildman–Crippen MR) is 95.7 cm³/mol. The number of carbonyl (C=O) groups is 1. The Morgan fingerprint density at radius 3 is 2.42 bits per heavy atom. The first-order valence-corrected chi connectivity index (χ1v) is 8.85. The molecule has 24 heavy (non-hydrogen) atoms. The smallest absolute Gasteiger partial charge is 0.338 e. The highest BCUT2D eigenvalue weighted by Gasteiger charge is 2.23. The van der Waals surface area contributed by atoms with E-state index >= 15 is 0 Å². The van der Waals surface area contributed by atoms with Crippen LogP contribution in [0.4, 0.5) is 0 Å². The average molecular weight is 337 g/mol. The highest BCUT2D eigenvalue weighted by atomic mass is 16.5. The Balaban J connectivity index is 2.80. The van der Waals surface area contributed by atoms with E-state index in [-0.39, 0.29) is 11.8 Å². The van der Waals surface area contributed by atoms with Crippen molar-refractivity contribution in [2.24, 2.45) is 5.92 Å². The normalized spacial score (nSPS) is 13.6. The monoisotopic (exact) mass is 337 g/mol. The number of esters is 1. The summed E-state index contributed by atoms with van der Waals surface area (Å²) in [5.41, 5.74) is 0.388. The molecule has 5 nitrogen and oxygen atoms in total. The van der Waals surface area contributed by atoms with Crippen LogP contribution in [-0.2, 0) is 4.74 Å². The van der Waals surface area contributed by atoms with Gasteiger partial charge in [-0.05, 0) is 44.1 Å². The first kappa shape index (κ1) is 20.3. The number of carbonyl (C=O) groups excluding carboxylic acids is 1. The van der Waals surface area contributed by atoms with Crippen molar-refractivity contribution in [1.29, 1.82) is 0 Å². The van der Waals surface area contributed by atoms with Crippen LogP contribution in [0.25, 0.3) is 0 Å². The van der Waals surface area contributed by atoms with Crippen LogP contribution in [0.1, 0.15) is 51.4 Å². The molecule has 0 aliphatic heterocycles. The maximum Gasteiger partial charge on any atom is 0.338 e. The quantitative estimate of drug-likeness (QED) is 0.660. The van der Waals surface area contributed by atoms with Gasteiger partial charge in [0.2, 0.25) is 0 Å². The minimum atomic E-state index is -0.392. The summed E-state index contributed by atoms with van der Waals surface area (Å²) in [5.74, 6) is 0.371. The molecule has 1 aromatic rings. The maximum atomic E-state index is 12.3. The van der Waals surface area contributed by atoms with Gasteiger partial charge in [0.25, 0.3) is 0 Å². The molecular weight excluding hydrogens is 306 g/mol. The molecule has 1 aromatic carbocycles. The largest absolute Gasteiger partial charge is 0.504 e. The predicted octanol–water partition coefficient (Wildman–Crippen LogP) is 3.70. The molecule has 0 saturated carbocycles. The Hall–Kier alpha value is -1.75. The van der Waals surface area contributed by atoms with E-state index in [0.717, 1.165) is 19.5 Å². The zero-order valence-corrected chi connectivity index (χ0v) is 15.5. The second kappa shape index (κ2) is 10.2. The van der Waals surface area contributed by atoms with Gasteiger partial charge in [-0.2, -0.15) is 0 Å². The van der Waals surface area contributed by atoms with Gasteiger partial charge in [-0.1, -0.05) is 34.1 Å². The molecule has 0 aliphatic rings. The Kier molecular flexibility index (Phi) is 8.61. The Morgan fingerprint density at radius 1 is 1.21 bits per heavy atom. The van der Waals surface area contributed by atoms with Crippen molar-refractivity contribution >= 4 is 5.97 Å². The van der Waals surface area contributed by atoms with Gasteiger partial charge in [0, 0.05) is 6.04 Å². The van der Waals surface area contributed by atoms with E-state index in [9.17, 15) is 9.90 Å². The van der Waals surface area contributed by atoms with E-state index in [0.29, 0.717) is 30.4 Å². The number of phenolic OH excluding ortho intramolecular Hbond substituents is 1. The number of likely N-dealkylation sites (N-methyl/N-ethyl adjacent to an activating group) is 1. The molecule has 0 fully saturated rings. The number of ether oxygens (including phenoxy) is 2. The Bertz CT molecular complexity index is 514. The van der Waals surface area contributed by atoms with Crippen LogP contribution in [0.15, 0.2) is 18.2 Å². The number of benzene rings is 1. The zero-order valence-electron chi connectivity index (χ0n) is 15.5. The third-order valence-electron chi connectivity index (χ3n) is 4.46. The lowest BCUT2D eigenvalue weighted by Gasteiger charge is -2.33. The second-order valence-electron chi connectivity index (χ2n) is 5.89. The first-order valence-electron chi connectivity index (χ1n) is 8.85. The molecular formula is C19H31NO4. The first-order chi connectivity index (χ1) is 11.5. The summed E-state index contributed by atoms with van der Waals surface area (Å²) in [6.45, 7) is 13.0. The molecule has 2 atom stereocenters. The van der Waals surface area contributed by atoms with Crippen molar-refractivity contribution in [3.63, 3.8) is 0 Å². The molecule has 1 N–H and O–H groups in total. The molecule has 136 valence electrons. The molecule has 0 spiro atoms. The number of aromatic hydroxyl groups is 1. The van der Waals surface area contributed by atoms with E-state index in [2.05, 4.69) is 32.6 Å². The van der Waals surface area contributed by atoms with Crippen LogP contribution in [0.3, 0.4) is 0 Å². The van der Waals surface area contributed by atoms with E-state index in [1.807, 2.05) is 6.92 Å². The highest BCUT2D eigenvalue weighted by Crippen LogP contribution is 2.27. The number of hydrogen-bond donors (Lipinski definition) is 1. The fraction of sp³-hybridized carbons (Fsp3) is 0.632. The fourth-order valence-corrected chi connectivity index (χ4v) is 2.75. The minimum absolute atomic E-state index is 0.0222. The molecule has 0 aliphatic carbocycles. The number of hydrogen-bond acceptors (Lipinski definition) is 5. The van der Waals surface area contributed by atoms with Gasteiger partial charge in [0.05, 0.1) is 12.2 Å². The van der Waals surface area contributed by atoms with E-state index < -0.39 is 5.97 Å². The summed E-state index contributed by atoms with van der Waals surface area (Å²) in [6, 6.07) is 4.74. The summed E-state index contributed by atoms with van der Waals surface area (Å²) < 4.78 is 10.9. The van der Waals surface area contributed by atoms with E-state index in [4.69, 9.17) is 9.47 Å². The van der Waals surface area contributed by atoms with E-state index in [1.165, 1.54) is 12.1 Å². The summed E-state index contributed by atoms with van der Waals surface area (Å²) in [6.07, 6.45) is 1.03. The molecule has 0 amide bonds. The van der Waals surface area contributed by atoms with Crippen molar-refractivity contribution in [2.45, 2.75) is 47.1 Å². The lowest BCUT2D eigenvalue weighted by molar-refractivity contribution is 0.0271. The molecule has 1 rings (SSSR count). The topological polar surface area (TPSA) is 59.0 Å². The van der Waals surface area contributed by atoms with Crippen LogP contribution in [-0.4, -0.2) is 48.3 Å². The number of rotatable bonds is 10. The van der Waals surface area contributed by atoms with Crippen LogP contribution < -0.4 is 4.74 Å². The van der Waals surface area contributed by atoms with Crippen LogP contribution in [0.2, 0.25) is 0 Å². The average Bonchev–Trinajstić information content (AvgIpc) is 2.59. The zero-order chi connectivity index (χ0) is 18.1. The van der Waals surface area contributed by atoms with Crippen molar-refractivity contribution in [1.82, 2.24) is 4.90 Å². The lowest BCUT2D eigenvalue weighted by Crippen LogP contribution is -2.43. The maximum absolute atomic E-state index is 12.3. The van der Waals surface area contributed by atoms with Crippen molar-refractivity contribution in [2.75, 3.05) is 26.3 Å². The van der Waals surface area contributed by atoms with E-state index in [1.54, 1.807) is 6.07 Å². The summed E-state index contributed by atoms with van der Waals surface area (Å²) in [4.78, 5) is 14.7. The van der Waals surface area contributed by atoms with Gasteiger partial charge < -0.3 is 14.6 Å². The van der Waals surface area contributed by atoms with Crippen LogP contribution >= 0.6 is 0 Å². The van der Waals surface area contributed by atoms with Crippen molar-refractivity contribution < 1.29 is 19.4 Å². The number of phenols is 1. The minimum Gasteiger partial charge on any atom is -0.504 e. The molecule has 1 unspecified atom stereocenters. The third kappa shape index (κ3) is 5.41. The summed E-state index contributed by atoms with van der Waals surface area (Å²) in [7, 11) is 0. The van der Waals surface area contributed by atoms with Gasteiger partial charge in [-0.15, -0.1) is 0 Å². The molecule has 0 saturated heterocycles. The van der Waals surface area contributed by atoms with Crippen LogP contribution in [0, 0.1) is 5.92 Å². The lowest BCUT2D eigenvalue weighted by atomic mass is 9.98. The molecule has 0 bridgehead atoms. The summed E-state index contributed by atoms with van der Waals surface area (Å²) in [5, 5.41) is 9.72.